The van der Waals surface area contributed by atoms with Gasteiger partial charge in [-0.1, -0.05) is 17.7 Å². The van der Waals surface area contributed by atoms with Crippen LogP contribution in [0.15, 0.2) is 42.7 Å². The molecule has 3 aromatic rings. The van der Waals surface area contributed by atoms with Crippen LogP contribution in [0.25, 0.3) is 10.9 Å². The Balaban J connectivity index is 1.58. The van der Waals surface area contributed by atoms with Gasteiger partial charge < -0.3 is 9.67 Å². The number of aliphatic hydroxyl groups is 1. The van der Waals surface area contributed by atoms with Gasteiger partial charge in [-0.05, 0) is 69.8 Å². The lowest BCUT2D eigenvalue weighted by atomic mass is 9.86. The van der Waals surface area contributed by atoms with E-state index in [4.69, 9.17) is 0 Å². The van der Waals surface area contributed by atoms with Crippen molar-refractivity contribution in [2.45, 2.75) is 63.1 Å². The highest BCUT2D eigenvalue weighted by molar-refractivity contribution is 5.88. The lowest BCUT2D eigenvalue weighted by Crippen LogP contribution is -2.40. The maximum atomic E-state index is 11.5. The Bertz CT molecular complexity index is 1090. The van der Waals surface area contributed by atoms with Crippen LogP contribution in [0.5, 0.6) is 0 Å². The minimum Gasteiger partial charge on any atom is -0.384 e. The third kappa shape index (κ3) is 2.55. The lowest BCUT2D eigenvalue weighted by Gasteiger charge is -2.38. The molecule has 1 aromatic carbocycles. The van der Waals surface area contributed by atoms with Crippen molar-refractivity contribution < 1.29 is 5.11 Å². The van der Waals surface area contributed by atoms with Gasteiger partial charge >= 0.3 is 0 Å². The molecule has 29 heavy (non-hydrogen) atoms. The van der Waals surface area contributed by atoms with Crippen LogP contribution in [-0.4, -0.2) is 32.6 Å². The SMILES string of the molecule is Cc1ccc2c(c1)c1c(n2CC(C)(O)c2cccnc2)C2(CC2)CN2CCCC12. The van der Waals surface area contributed by atoms with Gasteiger partial charge in [-0.15, -0.1) is 0 Å². The Morgan fingerprint density at radius 1 is 1.28 bits per heavy atom. The summed E-state index contributed by atoms with van der Waals surface area (Å²) >= 11 is 0. The van der Waals surface area contributed by atoms with Crippen LogP contribution in [0, 0.1) is 6.92 Å². The molecule has 2 aliphatic heterocycles. The van der Waals surface area contributed by atoms with Gasteiger partial charge in [-0.2, -0.15) is 0 Å². The van der Waals surface area contributed by atoms with Gasteiger partial charge in [0.1, 0.15) is 5.60 Å². The average molecular weight is 388 g/mol. The van der Waals surface area contributed by atoms with E-state index in [1.165, 1.54) is 60.9 Å². The summed E-state index contributed by atoms with van der Waals surface area (Å²) in [5, 5.41) is 12.9. The molecular weight excluding hydrogens is 358 g/mol. The van der Waals surface area contributed by atoms with Crippen molar-refractivity contribution in [1.82, 2.24) is 14.5 Å². The number of hydrogen-bond donors (Lipinski definition) is 1. The minimum absolute atomic E-state index is 0.286. The minimum atomic E-state index is -0.957. The van der Waals surface area contributed by atoms with Gasteiger partial charge in [-0.25, -0.2) is 0 Å². The van der Waals surface area contributed by atoms with E-state index in [0.29, 0.717) is 12.6 Å². The van der Waals surface area contributed by atoms with E-state index in [1.54, 1.807) is 18.0 Å². The molecule has 1 saturated carbocycles. The summed E-state index contributed by atoms with van der Waals surface area (Å²) in [5.41, 5.74) is 5.89. The van der Waals surface area contributed by atoms with Gasteiger partial charge in [0.15, 0.2) is 0 Å². The van der Waals surface area contributed by atoms with E-state index >= 15 is 0 Å². The first-order valence-electron chi connectivity index (χ1n) is 11.0. The first kappa shape index (κ1) is 17.7. The lowest BCUT2D eigenvalue weighted by molar-refractivity contribution is 0.0373. The molecule has 0 radical (unpaired) electrons. The molecule has 2 unspecified atom stereocenters. The zero-order chi connectivity index (χ0) is 19.8. The fourth-order valence-corrected chi connectivity index (χ4v) is 6.00. The molecule has 1 N–H and O–H groups in total. The quantitative estimate of drug-likeness (QED) is 0.723. The van der Waals surface area contributed by atoms with Crippen LogP contribution in [0.4, 0.5) is 0 Å². The Hall–Kier alpha value is -2.17. The topological polar surface area (TPSA) is 41.3 Å². The van der Waals surface area contributed by atoms with Crippen LogP contribution >= 0.6 is 0 Å². The monoisotopic (exact) mass is 387 g/mol. The predicted octanol–water partition coefficient (Wildman–Crippen LogP) is 4.43. The van der Waals surface area contributed by atoms with Crippen LogP contribution in [-0.2, 0) is 17.6 Å². The molecule has 3 aliphatic rings. The van der Waals surface area contributed by atoms with Crippen LogP contribution < -0.4 is 0 Å². The summed E-state index contributed by atoms with van der Waals surface area (Å²) in [6.07, 6.45) is 8.67. The van der Waals surface area contributed by atoms with Crippen molar-refractivity contribution in [2.75, 3.05) is 13.1 Å². The van der Waals surface area contributed by atoms with Crippen LogP contribution in [0.3, 0.4) is 0 Å². The second-order valence-electron chi connectivity index (χ2n) is 9.79. The van der Waals surface area contributed by atoms with Crippen molar-refractivity contribution in [3.05, 3.63) is 65.1 Å². The smallest absolute Gasteiger partial charge is 0.106 e. The molecule has 4 nitrogen and oxygen atoms in total. The van der Waals surface area contributed by atoms with E-state index in [-0.39, 0.29) is 5.41 Å². The van der Waals surface area contributed by atoms with E-state index in [1.807, 2.05) is 19.1 Å². The Morgan fingerprint density at radius 3 is 2.90 bits per heavy atom. The maximum absolute atomic E-state index is 11.5. The normalized spacial score (nSPS) is 24.4. The van der Waals surface area contributed by atoms with Crippen molar-refractivity contribution in [3.63, 3.8) is 0 Å². The van der Waals surface area contributed by atoms with Gasteiger partial charge in [-0.3, -0.25) is 9.88 Å². The summed E-state index contributed by atoms with van der Waals surface area (Å²) in [6, 6.07) is 11.3. The second-order valence-corrected chi connectivity index (χ2v) is 9.79. The summed E-state index contributed by atoms with van der Waals surface area (Å²) in [6.45, 7) is 7.12. The van der Waals surface area contributed by atoms with Crippen molar-refractivity contribution in [1.29, 1.82) is 0 Å². The number of benzene rings is 1. The van der Waals surface area contributed by atoms with Gasteiger partial charge in [0.25, 0.3) is 0 Å². The highest BCUT2D eigenvalue weighted by Gasteiger charge is 2.55. The fraction of sp³-hybridized carbons (Fsp3) is 0.480. The summed E-state index contributed by atoms with van der Waals surface area (Å²) in [7, 11) is 0. The third-order valence-electron chi connectivity index (χ3n) is 7.57. The van der Waals surface area contributed by atoms with E-state index < -0.39 is 5.60 Å². The van der Waals surface area contributed by atoms with Gasteiger partial charge in [0.2, 0.25) is 0 Å². The summed E-state index contributed by atoms with van der Waals surface area (Å²) < 4.78 is 2.47. The molecule has 1 saturated heterocycles. The molecule has 1 spiro atoms. The highest BCUT2D eigenvalue weighted by atomic mass is 16.3. The molecular formula is C25H29N3O. The van der Waals surface area contributed by atoms with Crippen LogP contribution in [0.2, 0.25) is 0 Å². The van der Waals surface area contributed by atoms with E-state index in [0.717, 1.165) is 5.56 Å². The van der Waals surface area contributed by atoms with Crippen molar-refractivity contribution >= 4 is 10.9 Å². The largest absolute Gasteiger partial charge is 0.384 e. The molecule has 4 heterocycles. The summed E-state index contributed by atoms with van der Waals surface area (Å²) in [4.78, 5) is 6.99. The zero-order valence-electron chi connectivity index (χ0n) is 17.4. The number of aromatic nitrogens is 2. The van der Waals surface area contributed by atoms with Crippen molar-refractivity contribution in [2.24, 2.45) is 0 Å². The first-order valence-corrected chi connectivity index (χ1v) is 11.0. The maximum Gasteiger partial charge on any atom is 0.106 e. The molecule has 2 fully saturated rings. The molecule has 6 rings (SSSR count). The predicted molar refractivity (Wildman–Crippen MR) is 115 cm³/mol. The molecule has 4 heteroatoms. The molecule has 2 atom stereocenters. The number of fused-ring (bicyclic) bond motifs is 6. The molecule has 1 aliphatic carbocycles. The molecule has 150 valence electrons. The number of pyridine rings is 1. The number of nitrogens with zero attached hydrogens (tertiary/aromatic N) is 3. The summed E-state index contributed by atoms with van der Waals surface area (Å²) in [5.74, 6) is 0. The highest BCUT2D eigenvalue weighted by Crippen LogP contribution is 2.59. The van der Waals surface area contributed by atoms with Gasteiger partial charge in [0, 0.05) is 52.6 Å². The van der Waals surface area contributed by atoms with E-state index in [9.17, 15) is 5.11 Å². The standard InChI is InChI=1S/C25H29N3O/c1-17-7-8-20-19(13-17)22-21-6-4-12-27(21)16-25(9-10-25)23(22)28(20)15-24(2,29)18-5-3-11-26-14-18/h3,5,7-8,11,13-14,21,29H,4,6,9-10,12,15-16H2,1-2H3. The Morgan fingerprint density at radius 2 is 2.14 bits per heavy atom. The Kier molecular flexibility index (Phi) is 3.61. The average Bonchev–Trinajstić information content (AvgIpc) is 3.18. The second kappa shape index (κ2) is 5.93. The first-order chi connectivity index (χ1) is 14.0. The van der Waals surface area contributed by atoms with E-state index in [2.05, 4.69) is 39.6 Å². The third-order valence-corrected chi connectivity index (χ3v) is 7.57. The fourth-order valence-electron chi connectivity index (χ4n) is 6.00. The molecule has 0 bridgehead atoms. The number of aryl methyl sites for hydroxylation is 1. The molecule has 0 amide bonds. The van der Waals surface area contributed by atoms with Gasteiger partial charge in [0.05, 0.1) is 6.54 Å². The molecule has 2 aromatic heterocycles. The zero-order valence-corrected chi connectivity index (χ0v) is 17.4. The van der Waals surface area contributed by atoms with Crippen molar-refractivity contribution in [3.8, 4) is 0 Å². The number of rotatable bonds is 3. The number of hydrogen-bond acceptors (Lipinski definition) is 3. The van der Waals surface area contributed by atoms with Crippen LogP contribution in [0.1, 0.15) is 61.0 Å². The Labute approximate surface area is 172 Å².